The van der Waals surface area contributed by atoms with Gasteiger partial charge in [0.2, 0.25) is 0 Å². The molecule has 0 fully saturated rings. The van der Waals surface area contributed by atoms with Crippen LogP contribution in [0.5, 0.6) is 5.75 Å². The van der Waals surface area contributed by atoms with Crippen LogP contribution in [0.1, 0.15) is 27.1 Å². The summed E-state index contributed by atoms with van der Waals surface area (Å²) >= 11 is 6.47. The minimum absolute atomic E-state index is 0. The zero-order chi connectivity index (χ0) is 24.9. The second-order valence-electron chi connectivity index (χ2n) is 9.12. The van der Waals surface area contributed by atoms with Gasteiger partial charge in [0.25, 0.3) is 11.8 Å². The first-order valence-corrected chi connectivity index (χ1v) is 11.8. The predicted octanol–water partition coefficient (Wildman–Crippen LogP) is 4.65. The van der Waals surface area contributed by atoms with Gasteiger partial charge in [-0.2, -0.15) is 0 Å². The Kier molecular flexibility index (Phi) is 7.29. The normalized spacial score (nSPS) is 13.7. The summed E-state index contributed by atoms with van der Waals surface area (Å²) in [6.07, 6.45) is 0.0516. The molecule has 0 aliphatic carbocycles. The Labute approximate surface area is 220 Å². The Bertz CT molecular complexity index is 1500. The SMILES string of the molecule is CN(C)CC(O)CCOc1ccc2c3c4c(c(-c5ccccc5Cl)cc3n(C)c2c1)C(=O)NC4=O.Cl. The molecule has 9 heteroatoms. The number of nitrogens with zero attached hydrogens (tertiary/aromatic N) is 2. The van der Waals surface area contributed by atoms with E-state index in [9.17, 15) is 14.7 Å². The number of rotatable bonds is 7. The number of amides is 2. The number of hydrogen-bond acceptors (Lipinski definition) is 5. The maximum atomic E-state index is 12.9. The van der Waals surface area contributed by atoms with Crippen LogP contribution < -0.4 is 10.1 Å². The van der Waals surface area contributed by atoms with Gasteiger partial charge in [-0.15, -0.1) is 12.4 Å². The van der Waals surface area contributed by atoms with E-state index >= 15 is 0 Å². The van der Waals surface area contributed by atoms with Gasteiger partial charge >= 0.3 is 0 Å². The summed E-state index contributed by atoms with van der Waals surface area (Å²) in [6.45, 7) is 0.957. The van der Waals surface area contributed by atoms with Gasteiger partial charge in [0.15, 0.2) is 0 Å². The van der Waals surface area contributed by atoms with Crippen molar-refractivity contribution in [2.75, 3.05) is 27.2 Å². The van der Waals surface area contributed by atoms with Crippen molar-refractivity contribution >= 4 is 57.6 Å². The number of aliphatic hydroxyl groups is 1. The number of ether oxygens (including phenoxy) is 1. The smallest absolute Gasteiger partial charge is 0.259 e. The maximum Gasteiger partial charge on any atom is 0.259 e. The second kappa shape index (κ2) is 10.1. The summed E-state index contributed by atoms with van der Waals surface area (Å²) in [7, 11) is 5.76. The highest BCUT2D eigenvalue weighted by molar-refractivity contribution is 6.36. The zero-order valence-electron chi connectivity index (χ0n) is 20.2. The van der Waals surface area contributed by atoms with Crippen LogP contribution in [-0.4, -0.2) is 59.7 Å². The first-order chi connectivity index (χ1) is 16.8. The molecule has 1 aliphatic heterocycles. The molecule has 188 valence electrons. The van der Waals surface area contributed by atoms with Crippen LogP contribution in [0.2, 0.25) is 5.02 Å². The van der Waals surface area contributed by atoms with Crippen LogP contribution in [0, 0.1) is 0 Å². The van der Waals surface area contributed by atoms with E-state index in [1.54, 1.807) is 6.07 Å². The van der Waals surface area contributed by atoms with E-state index in [4.69, 9.17) is 16.3 Å². The molecule has 3 aromatic carbocycles. The van der Waals surface area contributed by atoms with Gasteiger partial charge in [-0.3, -0.25) is 14.9 Å². The van der Waals surface area contributed by atoms with E-state index in [2.05, 4.69) is 5.32 Å². The van der Waals surface area contributed by atoms with Crippen molar-refractivity contribution in [3.63, 3.8) is 0 Å². The van der Waals surface area contributed by atoms with E-state index in [0.29, 0.717) is 52.6 Å². The van der Waals surface area contributed by atoms with E-state index in [0.717, 1.165) is 21.8 Å². The highest BCUT2D eigenvalue weighted by Crippen LogP contribution is 2.42. The molecule has 7 nitrogen and oxygen atoms in total. The molecule has 5 rings (SSSR count). The molecule has 1 aromatic heterocycles. The molecule has 0 saturated carbocycles. The van der Waals surface area contributed by atoms with Crippen LogP contribution in [0.25, 0.3) is 32.9 Å². The number of carbonyl (C=O) groups is 2. The standard InChI is InChI=1S/C27H26ClN3O4.ClH/c1-30(2)14-15(32)10-11-35-16-8-9-18-21(12-16)31(3)22-13-19(17-6-4-5-7-20(17)28)24-25(23(18)22)27(34)29-26(24)33;/h4-9,12-13,15,32H,10-11,14H2,1-3H3,(H,29,33,34);1H. The summed E-state index contributed by atoms with van der Waals surface area (Å²) < 4.78 is 7.91. The molecule has 2 heterocycles. The van der Waals surface area contributed by atoms with Crippen LogP contribution in [-0.2, 0) is 7.05 Å². The van der Waals surface area contributed by atoms with Crippen molar-refractivity contribution in [3.05, 3.63) is 64.7 Å². The fourth-order valence-electron chi connectivity index (χ4n) is 4.83. The van der Waals surface area contributed by atoms with Crippen LogP contribution in [0.15, 0.2) is 48.5 Å². The molecule has 4 aromatic rings. The van der Waals surface area contributed by atoms with E-state index in [1.165, 1.54) is 0 Å². The number of likely N-dealkylation sites (N-methyl/N-ethyl adjacent to an activating group) is 1. The molecule has 36 heavy (non-hydrogen) atoms. The highest BCUT2D eigenvalue weighted by Gasteiger charge is 2.34. The molecule has 1 unspecified atom stereocenters. The van der Waals surface area contributed by atoms with Gasteiger partial charge in [-0.25, -0.2) is 0 Å². The summed E-state index contributed by atoms with van der Waals surface area (Å²) in [5.41, 5.74) is 3.72. The van der Waals surface area contributed by atoms with Crippen LogP contribution in [0.3, 0.4) is 0 Å². The minimum atomic E-state index is -0.465. The number of hydrogen-bond donors (Lipinski definition) is 2. The fraction of sp³-hybridized carbons (Fsp3) is 0.259. The Morgan fingerprint density at radius 2 is 1.75 bits per heavy atom. The predicted molar refractivity (Wildman–Crippen MR) is 145 cm³/mol. The van der Waals surface area contributed by atoms with Gasteiger partial charge in [-0.1, -0.05) is 29.8 Å². The molecule has 0 saturated heterocycles. The number of nitrogens with one attached hydrogen (secondary N) is 1. The molecule has 2 N–H and O–H groups in total. The molecular formula is C27H27Cl2N3O4. The summed E-state index contributed by atoms with van der Waals surface area (Å²) in [6, 6.07) is 14.9. The van der Waals surface area contributed by atoms with E-state index in [-0.39, 0.29) is 12.4 Å². The van der Waals surface area contributed by atoms with Gasteiger partial charge < -0.3 is 19.3 Å². The average molecular weight is 528 g/mol. The third-order valence-corrected chi connectivity index (χ3v) is 6.74. The van der Waals surface area contributed by atoms with Crippen LogP contribution >= 0.6 is 24.0 Å². The Morgan fingerprint density at radius 3 is 2.47 bits per heavy atom. The molecule has 2 amide bonds. The Balaban J connectivity index is 0.00000304. The van der Waals surface area contributed by atoms with Gasteiger partial charge in [-0.05, 0) is 43.9 Å². The van der Waals surface area contributed by atoms with Gasteiger partial charge in [0.05, 0.1) is 34.9 Å². The van der Waals surface area contributed by atoms with Crippen molar-refractivity contribution in [2.24, 2.45) is 7.05 Å². The monoisotopic (exact) mass is 527 g/mol. The fourth-order valence-corrected chi connectivity index (χ4v) is 5.07. The quantitative estimate of drug-likeness (QED) is 0.342. The van der Waals surface area contributed by atoms with Crippen molar-refractivity contribution in [2.45, 2.75) is 12.5 Å². The summed E-state index contributed by atoms with van der Waals surface area (Å²) in [4.78, 5) is 27.7. The zero-order valence-corrected chi connectivity index (χ0v) is 21.7. The lowest BCUT2D eigenvalue weighted by molar-refractivity contribution is 0.0880. The molecule has 1 aliphatic rings. The molecule has 0 spiro atoms. The number of aryl methyl sites for hydroxylation is 1. The Hall–Kier alpha value is -3.10. The van der Waals surface area contributed by atoms with Crippen molar-refractivity contribution < 1.29 is 19.4 Å². The Morgan fingerprint density at radius 1 is 1.03 bits per heavy atom. The topological polar surface area (TPSA) is 83.8 Å². The minimum Gasteiger partial charge on any atom is -0.493 e. The molecule has 0 radical (unpaired) electrons. The number of benzene rings is 3. The third-order valence-electron chi connectivity index (χ3n) is 6.41. The first kappa shape index (κ1) is 26.0. The number of halogens is 2. The number of fused-ring (bicyclic) bond motifs is 5. The average Bonchev–Trinajstić information content (AvgIpc) is 3.26. The van der Waals surface area contributed by atoms with Crippen LogP contribution in [0.4, 0.5) is 0 Å². The van der Waals surface area contributed by atoms with Gasteiger partial charge in [0, 0.05) is 47.4 Å². The lowest BCUT2D eigenvalue weighted by Crippen LogP contribution is -2.27. The van der Waals surface area contributed by atoms with E-state index in [1.807, 2.05) is 73.1 Å². The molecule has 0 bridgehead atoms. The van der Waals surface area contributed by atoms with Gasteiger partial charge in [0.1, 0.15) is 5.75 Å². The summed E-state index contributed by atoms with van der Waals surface area (Å²) in [5, 5.41) is 14.6. The number of aliphatic hydroxyl groups excluding tert-OH is 1. The van der Waals surface area contributed by atoms with Crippen molar-refractivity contribution in [3.8, 4) is 16.9 Å². The second-order valence-corrected chi connectivity index (χ2v) is 9.53. The number of imide groups is 1. The molecule has 1 atom stereocenters. The van der Waals surface area contributed by atoms with E-state index < -0.39 is 17.9 Å². The van der Waals surface area contributed by atoms with Crippen molar-refractivity contribution in [1.82, 2.24) is 14.8 Å². The number of carbonyl (C=O) groups excluding carboxylic acids is 2. The maximum absolute atomic E-state index is 12.9. The summed E-state index contributed by atoms with van der Waals surface area (Å²) in [5.74, 6) is -0.161. The lowest BCUT2D eigenvalue weighted by Gasteiger charge is -2.16. The lowest BCUT2D eigenvalue weighted by atomic mass is 9.93. The van der Waals surface area contributed by atoms with Crippen molar-refractivity contribution in [1.29, 1.82) is 0 Å². The number of aromatic nitrogens is 1. The third kappa shape index (κ3) is 4.44. The molecular weight excluding hydrogens is 501 g/mol. The first-order valence-electron chi connectivity index (χ1n) is 11.4. The largest absolute Gasteiger partial charge is 0.493 e. The highest BCUT2D eigenvalue weighted by atomic mass is 35.5.